The number of rotatable bonds is 6. The van der Waals surface area contributed by atoms with Gasteiger partial charge in [0.25, 0.3) is 0 Å². The van der Waals surface area contributed by atoms with Gasteiger partial charge in [-0.15, -0.1) is 0 Å². The van der Waals surface area contributed by atoms with Gasteiger partial charge in [-0.2, -0.15) is 0 Å². The molecule has 2 amide bonds. The fourth-order valence-corrected chi connectivity index (χ4v) is 2.67. The van der Waals surface area contributed by atoms with Gasteiger partial charge in [0.05, 0.1) is 11.8 Å². The van der Waals surface area contributed by atoms with Crippen molar-refractivity contribution >= 4 is 11.8 Å². The highest BCUT2D eigenvalue weighted by atomic mass is 16.2. The lowest BCUT2D eigenvalue weighted by Crippen LogP contribution is -2.33. The van der Waals surface area contributed by atoms with Crippen LogP contribution in [0.2, 0.25) is 0 Å². The van der Waals surface area contributed by atoms with Crippen LogP contribution in [-0.2, 0) is 9.59 Å². The van der Waals surface area contributed by atoms with Crippen molar-refractivity contribution in [2.75, 3.05) is 40.3 Å². The molecule has 0 radical (unpaired) electrons. The van der Waals surface area contributed by atoms with Crippen LogP contribution in [0.4, 0.5) is 0 Å². The summed E-state index contributed by atoms with van der Waals surface area (Å²) in [5.41, 5.74) is 0. The fourth-order valence-electron chi connectivity index (χ4n) is 2.67. The molecule has 0 aromatic rings. The minimum absolute atomic E-state index is 0.0352. The molecule has 108 valence electrons. The molecule has 5 nitrogen and oxygen atoms in total. The summed E-state index contributed by atoms with van der Waals surface area (Å²) in [5, 5.41) is 2.94. The van der Waals surface area contributed by atoms with Crippen molar-refractivity contribution in [1.29, 1.82) is 0 Å². The van der Waals surface area contributed by atoms with E-state index in [0.717, 1.165) is 45.3 Å². The maximum Gasteiger partial charge on any atom is 0.226 e. The van der Waals surface area contributed by atoms with Gasteiger partial charge < -0.3 is 15.1 Å². The number of likely N-dealkylation sites (tertiary alicyclic amines) is 1. The van der Waals surface area contributed by atoms with Gasteiger partial charge in [0, 0.05) is 19.6 Å². The molecule has 1 N–H and O–H groups in total. The van der Waals surface area contributed by atoms with E-state index in [1.165, 1.54) is 0 Å². The zero-order chi connectivity index (χ0) is 13.8. The Bertz CT molecular complexity index is 338. The average molecular weight is 267 g/mol. The number of carbonyl (C=O) groups is 2. The standard InChI is InChI=1S/C14H25N3O2/c1-16(2)7-5-6-15-13(18)11-10-12(11)14(19)17-8-3-4-9-17/h11-12H,3-10H2,1-2H3,(H,15,18). The number of hydrogen-bond donors (Lipinski definition) is 1. The number of nitrogens with one attached hydrogen (secondary N) is 1. The Morgan fingerprint density at radius 2 is 1.89 bits per heavy atom. The molecule has 0 aromatic carbocycles. The van der Waals surface area contributed by atoms with E-state index in [-0.39, 0.29) is 23.7 Å². The highest BCUT2D eigenvalue weighted by molar-refractivity contribution is 5.92. The maximum atomic E-state index is 12.1. The summed E-state index contributed by atoms with van der Waals surface area (Å²) in [7, 11) is 4.04. The minimum atomic E-state index is -0.0625. The van der Waals surface area contributed by atoms with Crippen molar-refractivity contribution in [3.63, 3.8) is 0 Å². The molecule has 2 atom stereocenters. The summed E-state index contributed by atoms with van der Waals surface area (Å²) in [4.78, 5) is 28.0. The van der Waals surface area contributed by atoms with Crippen LogP contribution >= 0.6 is 0 Å². The van der Waals surface area contributed by atoms with Gasteiger partial charge in [0.15, 0.2) is 0 Å². The fraction of sp³-hybridized carbons (Fsp3) is 0.857. The molecule has 0 bridgehead atoms. The van der Waals surface area contributed by atoms with Crippen LogP contribution in [0.3, 0.4) is 0 Å². The molecule has 1 aliphatic carbocycles. The van der Waals surface area contributed by atoms with E-state index in [4.69, 9.17) is 0 Å². The largest absolute Gasteiger partial charge is 0.356 e. The Balaban J connectivity index is 1.64. The second-order valence-corrected chi connectivity index (χ2v) is 5.93. The Kier molecular flexibility index (Phi) is 4.80. The van der Waals surface area contributed by atoms with Crippen LogP contribution in [-0.4, -0.2) is 61.9 Å². The summed E-state index contributed by atoms with van der Waals surface area (Å²) < 4.78 is 0. The summed E-state index contributed by atoms with van der Waals surface area (Å²) >= 11 is 0. The zero-order valence-corrected chi connectivity index (χ0v) is 12.0. The van der Waals surface area contributed by atoms with E-state index >= 15 is 0 Å². The summed E-state index contributed by atoms with van der Waals surface area (Å²) in [6.07, 6.45) is 3.92. The van der Waals surface area contributed by atoms with Crippen molar-refractivity contribution in [1.82, 2.24) is 15.1 Å². The monoisotopic (exact) mass is 267 g/mol. The van der Waals surface area contributed by atoms with Crippen molar-refractivity contribution in [2.45, 2.75) is 25.7 Å². The van der Waals surface area contributed by atoms with E-state index in [1.807, 2.05) is 19.0 Å². The van der Waals surface area contributed by atoms with Crippen LogP contribution in [0.5, 0.6) is 0 Å². The van der Waals surface area contributed by atoms with E-state index < -0.39 is 0 Å². The summed E-state index contributed by atoms with van der Waals surface area (Å²) in [5.74, 6) is 0.168. The molecular weight excluding hydrogens is 242 g/mol. The van der Waals surface area contributed by atoms with Crippen molar-refractivity contribution < 1.29 is 9.59 Å². The number of nitrogens with zero attached hydrogens (tertiary/aromatic N) is 2. The summed E-state index contributed by atoms with van der Waals surface area (Å²) in [6, 6.07) is 0. The molecule has 1 heterocycles. The first kappa shape index (κ1) is 14.3. The lowest BCUT2D eigenvalue weighted by atomic mass is 10.2. The first-order valence-electron chi connectivity index (χ1n) is 7.31. The Morgan fingerprint density at radius 1 is 1.21 bits per heavy atom. The third-order valence-corrected chi connectivity index (χ3v) is 3.94. The highest BCUT2D eigenvalue weighted by Crippen LogP contribution is 2.40. The normalized spacial score (nSPS) is 25.7. The maximum absolute atomic E-state index is 12.1. The molecule has 2 rings (SSSR count). The van der Waals surface area contributed by atoms with Gasteiger partial charge in [0.1, 0.15) is 0 Å². The van der Waals surface area contributed by atoms with Crippen LogP contribution in [0.25, 0.3) is 0 Å². The molecule has 1 aliphatic heterocycles. The lowest BCUT2D eigenvalue weighted by molar-refractivity contribution is -0.133. The molecule has 2 unspecified atom stereocenters. The quantitative estimate of drug-likeness (QED) is 0.705. The van der Waals surface area contributed by atoms with Gasteiger partial charge in [-0.05, 0) is 46.3 Å². The van der Waals surface area contributed by atoms with Crippen molar-refractivity contribution in [3.05, 3.63) is 0 Å². The van der Waals surface area contributed by atoms with Gasteiger partial charge in [-0.1, -0.05) is 0 Å². The molecule has 0 aromatic heterocycles. The molecule has 1 saturated heterocycles. The van der Waals surface area contributed by atoms with E-state index in [2.05, 4.69) is 10.2 Å². The first-order chi connectivity index (χ1) is 9.09. The third-order valence-electron chi connectivity index (χ3n) is 3.94. The first-order valence-corrected chi connectivity index (χ1v) is 7.31. The Hall–Kier alpha value is -1.10. The average Bonchev–Trinajstić information content (AvgIpc) is 2.99. The molecule has 1 saturated carbocycles. The smallest absolute Gasteiger partial charge is 0.226 e. The molecule has 5 heteroatoms. The number of amides is 2. The van der Waals surface area contributed by atoms with Crippen LogP contribution < -0.4 is 5.32 Å². The molecule has 19 heavy (non-hydrogen) atoms. The molecular formula is C14H25N3O2. The predicted octanol–water partition coefficient (Wildman–Crippen LogP) is 0.313. The second kappa shape index (κ2) is 6.37. The SMILES string of the molecule is CN(C)CCCNC(=O)C1CC1C(=O)N1CCCC1. The number of hydrogen-bond acceptors (Lipinski definition) is 3. The number of carbonyl (C=O) groups excluding carboxylic acids is 2. The van der Waals surface area contributed by atoms with Gasteiger partial charge >= 0.3 is 0 Å². The second-order valence-electron chi connectivity index (χ2n) is 5.93. The van der Waals surface area contributed by atoms with E-state index in [1.54, 1.807) is 0 Å². The molecule has 2 aliphatic rings. The predicted molar refractivity (Wildman–Crippen MR) is 73.6 cm³/mol. The van der Waals surface area contributed by atoms with Crippen LogP contribution in [0, 0.1) is 11.8 Å². The lowest BCUT2D eigenvalue weighted by Gasteiger charge is -2.15. The van der Waals surface area contributed by atoms with Crippen molar-refractivity contribution in [2.24, 2.45) is 11.8 Å². The summed E-state index contributed by atoms with van der Waals surface area (Å²) in [6.45, 7) is 3.44. The van der Waals surface area contributed by atoms with Gasteiger partial charge in [-0.3, -0.25) is 9.59 Å². The van der Waals surface area contributed by atoms with Gasteiger partial charge in [-0.25, -0.2) is 0 Å². The molecule has 2 fully saturated rings. The van der Waals surface area contributed by atoms with Crippen LogP contribution in [0.1, 0.15) is 25.7 Å². The highest BCUT2D eigenvalue weighted by Gasteiger charge is 2.49. The molecule has 0 spiro atoms. The van der Waals surface area contributed by atoms with Gasteiger partial charge in [0.2, 0.25) is 11.8 Å². The topological polar surface area (TPSA) is 52.7 Å². The Labute approximate surface area is 115 Å². The van der Waals surface area contributed by atoms with Crippen LogP contribution in [0.15, 0.2) is 0 Å². The Morgan fingerprint density at radius 3 is 2.53 bits per heavy atom. The van der Waals surface area contributed by atoms with Crippen molar-refractivity contribution in [3.8, 4) is 0 Å². The zero-order valence-electron chi connectivity index (χ0n) is 12.0. The van der Waals surface area contributed by atoms with E-state index in [0.29, 0.717) is 6.54 Å². The minimum Gasteiger partial charge on any atom is -0.356 e. The van der Waals surface area contributed by atoms with E-state index in [9.17, 15) is 9.59 Å². The third kappa shape index (κ3) is 3.93.